The Morgan fingerprint density at radius 2 is 1.21 bits per heavy atom. The minimum atomic E-state index is -5.11. The second kappa shape index (κ2) is 5.57. The Kier molecular flexibility index (Phi) is 4.04. The van der Waals surface area contributed by atoms with Crippen molar-refractivity contribution in [3.63, 3.8) is 0 Å². The third kappa shape index (κ3) is 3.92. The number of aromatic hydroxyl groups is 1. The number of phenolic OH excluding ortho intramolecular Hbond substituents is 1. The molecule has 0 radical (unpaired) electrons. The van der Waals surface area contributed by atoms with Crippen LogP contribution in [0.3, 0.4) is 0 Å². The van der Waals surface area contributed by atoms with Crippen LogP contribution in [-0.2, 0) is 3.02 Å². The van der Waals surface area contributed by atoms with E-state index >= 15 is 0 Å². The van der Waals surface area contributed by atoms with E-state index in [1.165, 1.54) is 36.4 Å². The summed E-state index contributed by atoms with van der Waals surface area (Å²) in [6.07, 6.45) is 0. The van der Waals surface area contributed by atoms with E-state index in [1.807, 2.05) is 0 Å². The van der Waals surface area contributed by atoms with Gasteiger partial charge in [-0.25, -0.2) is 0 Å². The van der Waals surface area contributed by atoms with Crippen LogP contribution in [0.1, 0.15) is 0 Å². The molecule has 2 aromatic rings. The molecule has 98 valence electrons. The van der Waals surface area contributed by atoms with Gasteiger partial charge >= 0.3 is 114 Å². The number of benzene rings is 2. The van der Waals surface area contributed by atoms with Gasteiger partial charge in [0.25, 0.3) is 0 Å². The zero-order chi connectivity index (χ0) is 13.9. The molecular formula is C12H11N2O4Sb. The number of nitrogens with zero attached hydrogens (tertiary/aromatic N) is 2. The Morgan fingerprint density at radius 3 is 1.63 bits per heavy atom. The molecule has 0 spiro atoms. The molecule has 0 aliphatic carbocycles. The Balaban J connectivity index is 2.15. The molecule has 19 heavy (non-hydrogen) atoms. The standard InChI is InChI=1S/C12H9N2O.2H2O.O.Sb/c15-12-8-6-11(7-9-12)14-13-10-4-2-1-3-5-10;;;;/h2-9,15H;2*1H2;;/q;;;;+2/p-2. The van der Waals surface area contributed by atoms with Crippen molar-refractivity contribution in [1.29, 1.82) is 0 Å². The quantitative estimate of drug-likeness (QED) is 0.562. The fourth-order valence-electron chi connectivity index (χ4n) is 1.35. The first kappa shape index (κ1) is 13.8. The van der Waals surface area contributed by atoms with Gasteiger partial charge in [-0.05, 0) is 0 Å². The Labute approximate surface area is 114 Å². The molecule has 0 bridgehead atoms. The first-order chi connectivity index (χ1) is 8.95. The molecule has 7 heteroatoms. The van der Waals surface area contributed by atoms with E-state index in [1.54, 1.807) is 12.1 Å². The molecule has 0 aliphatic rings. The van der Waals surface area contributed by atoms with E-state index in [2.05, 4.69) is 10.2 Å². The molecule has 0 atom stereocenters. The summed E-state index contributed by atoms with van der Waals surface area (Å²) in [5.41, 5.74) is 1.06. The molecule has 6 nitrogen and oxygen atoms in total. The minimum absolute atomic E-state index is 0.0297. The Hall–Kier alpha value is -1.62. The Bertz CT molecular complexity index is 632. The number of hydrogen-bond donors (Lipinski definition) is 3. The van der Waals surface area contributed by atoms with Gasteiger partial charge in [0.05, 0.1) is 0 Å². The van der Waals surface area contributed by atoms with E-state index in [-0.39, 0.29) is 9.26 Å². The SMILES string of the molecule is [O]=[Sb]([OH])([OH])[c]1ccc(N=Nc2ccc(O)cc2)cc1. The van der Waals surface area contributed by atoms with Crippen molar-refractivity contribution in [2.75, 3.05) is 0 Å². The summed E-state index contributed by atoms with van der Waals surface area (Å²) in [5, 5.41) is 17.0. The predicted molar refractivity (Wildman–Crippen MR) is 69.2 cm³/mol. The molecule has 0 fully saturated rings. The maximum absolute atomic E-state index is 11.1. The summed E-state index contributed by atoms with van der Waals surface area (Å²) in [7, 11) is 0. The molecule has 2 aromatic carbocycles. The van der Waals surface area contributed by atoms with Crippen LogP contribution in [0.2, 0.25) is 0 Å². The third-order valence-electron chi connectivity index (χ3n) is 2.32. The van der Waals surface area contributed by atoms with Crippen molar-refractivity contribution in [1.82, 2.24) is 0 Å². The van der Waals surface area contributed by atoms with Crippen LogP contribution >= 0.6 is 0 Å². The molecule has 0 saturated heterocycles. The van der Waals surface area contributed by atoms with Gasteiger partial charge in [-0.2, -0.15) is 0 Å². The molecule has 0 unspecified atom stereocenters. The zero-order valence-corrected chi connectivity index (χ0v) is 12.3. The molecule has 0 heterocycles. The van der Waals surface area contributed by atoms with Crippen molar-refractivity contribution < 1.29 is 14.9 Å². The van der Waals surface area contributed by atoms with Gasteiger partial charge in [0, 0.05) is 0 Å². The topological polar surface area (TPSA) is 102 Å². The first-order valence-electron chi connectivity index (χ1n) is 5.32. The number of rotatable bonds is 3. The average Bonchev–Trinajstić information content (AvgIpc) is 2.37. The van der Waals surface area contributed by atoms with Gasteiger partial charge in [-0.15, -0.1) is 0 Å². The van der Waals surface area contributed by atoms with Gasteiger partial charge in [0.2, 0.25) is 0 Å². The molecule has 0 saturated carbocycles. The van der Waals surface area contributed by atoms with Crippen LogP contribution < -0.4 is 3.51 Å². The summed E-state index contributed by atoms with van der Waals surface area (Å²) in [6, 6.07) is 11.9. The van der Waals surface area contributed by atoms with Gasteiger partial charge in [-0.1, -0.05) is 0 Å². The number of hydrogen-bond acceptors (Lipinski definition) is 4. The van der Waals surface area contributed by atoms with Crippen LogP contribution in [0.5, 0.6) is 5.75 Å². The van der Waals surface area contributed by atoms with Crippen LogP contribution in [0, 0.1) is 0 Å². The monoisotopic (exact) mass is 368 g/mol. The summed E-state index contributed by atoms with van der Waals surface area (Å²) >= 11 is -5.11. The number of azo groups is 1. The molecular weight excluding hydrogens is 358 g/mol. The van der Waals surface area contributed by atoms with Crippen LogP contribution in [0.15, 0.2) is 58.8 Å². The summed E-state index contributed by atoms with van der Waals surface area (Å²) in [4.78, 5) is 0. The molecule has 0 aliphatic heterocycles. The van der Waals surface area contributed by atoms with E-state index in [4.69, 9.17) is 11.9 Å². The first-order valence-corrected chi connectivity index (χ1v) is 9.92. The number of phenols is 1. The van der Waals surface area contributed by atoms with Gasteiger partial charge < -0.3 is 0 Å². The molecule has 0 aromatic heterocycles. The fourth-order valence-corrected chi connectivity index (χ4v) is 2.88. The van der Waals surface area contributed by atoms with Gasteiger partial charge in [0.15, 0.2) is 0 Å². The van der Waals surface area contributed by atoms with E-state index in [0.717, 1.165) is 0 Å². The predicted octanol–water partition coefficient (Wildman–Crippen LogP) is 1.37. The van der Waals surface area contributed by atoms with Crippen LogP contribution in [-0.4, -0.2) is 31.5 Å². The second-order valence-electron chi connectivity index (χ2n) is 3.78. The zero-order valence-electron chi connectivity index (χ0n) is 9.71. The molecule has 3 N–H and O–H groups in total. The van der Waals surface area contributed by atoms with Gasteiger partial charge in [-0.3, -0.25) is 0 Å². The van der Waals surface area contributed by atoms with Crippen molar-refractivity contribution in [2.24, 2.45) is 10.2 Å². The second-order valence-corrected chi connectivity index (χ2v) is 8.36. The Morgan fingerprint density at radius 1 is 0.789 bits per heavy atom. The molecule has 0 amide bonds. The van der Waals surface area contributed by atoms with Crippen LogP contribution in [0.4, 0.5) is 11.4 Å². The van der Waals surface area contributed by atoms with Crippen molar-refractivity contribution in [3.8, 4) is 5.75 Å². The molecule has 2 rings (SSSR count). The van der Waals surface area contributed by atoms with Crippen molar-refractivity contribution in [3.05, 3.63) is 48.5 Å². The van der Waals surface area contributed by atoms with Crippen molar-refractivity contribution >= 4 is 34.5 Å². The summed E-state index contributed by atoms with van der Waals surface area (Å²) in [6.45, 7) is 0. The maximum atomic E-state index is 11.1. The summed E-state index contributed by atoms with van der Waals surface area (Å²) in [5.74, 6) is 0.146. The fraction of sp³-hybridized carbons (Fsp3) is 0. The normalized spacial score (nSPS) is 11.9. The summed E-state index contributed by atoms with van der Waals surface area (Å²) < 4.78 is 29.2. The van der Waals surface area contributed by atoms with Crippen LogP contribution in [0.25, 0.3) is 0 Å². The van der Waals surface area contributed by atoms with E-state index in [0.29, 0.717) is 11.4 Å². The average molecular weight is 369 g/mol. The third-order valence-corrected chi connectivity index (χ3v) is 5.09. The van der Waals surface area contributed by atoms with Gasteiger partial charge in [0.1, 0.15) is 0 Å². The van der Waals surface area contributed by atoms with E-state index in [9.17, 15) is 3.02 Å². The van der Waals surface area contributed by atoms with E-state index < -0.39 is 19.6 Å². The van der Waals surface area contributed by atoms with Crippen molar-refractivity contribution in [2.45, 2.75) is 0 Å².